The van der Waals surface area contributed by atoms with E-state index in [2.05, 4.69) is 9.72 Å². The van der Waals surface area contributed by atoms with Gasteiger partial charge in [-0.05, 0) is 0 Å². The lowest BCUT2D eigenvalue weighted by Crippen LogP contribution is -2.24. The fraction of sp³-hybridized carbons (Fsp3) is 0.286. The molecule has 0 radical (unpaired) electrons. The lowest BCUT2D eigenvalue weighted by atomic mass is 10.3. The highest BCUT2D eigenvalue weighted by Gasteiger charge is 2.33. The Balaban J connectivity index is 3.15. The molecule has 0 amide bonds. The van der Waals surface area contributed by atoms with E-state index in [1.807, 2.05) is 0 Å². The van der Waals surface area contributed by atoms with E-state index in [0.29, 0.717) is 0 Å². The van der Waals surface area contributed by atoms with Crippen molar-refractivity contribution in [3.8, 4) is 5.75 Å². The van der Waals surface area contributed by atoms with E-state index in [1.54, 1.807) is 0 Å². The summed E-state index contributed by atoms with van der Waals surface area (Å²) in [6.45, 7) is -0.0360. The van der Waals surface area contributed by atoms with Crippen molar-refractivity contribution < 1.29 is 17.9 Å². The molecule has 0 bridgehead atoms. The number of hydrogen-bond acceptors (Lipinski definition) is 4. The SMILES string of the molecule is NCc1cc(=O)c(OC(F)(F)F)c(N)[nH]1. The van der Waals surface area contributed by atoms with Gasteiger partial charge in [0.1, 0.15) is 5.82 Å². The highest BCUT2D eigenvalue weighted by molar-refractivity contribution is 5.46. The minimum Gasteiger partial charge on any atom is -0.398 e. The minimum absolute atomic E-state index is 0.0360. The van der Waals surface area contributed by atoms with Crippen molar-refractivity contribution in [2.45, 2.75) is 12.9 Å². The highest BCUT2D eigenvalue weighted by atomic mass is 19.4. The number of aromatic amines is 1. The van der Waals surface area contributed by atoms with Crippen molar-refractivity contribution in [1.29, 1.82) is 0 Å². The number of nitrogens with two attached hydrogens (primary N) is 2. The van der Waals surface area contributed by atoms with Crippen LogP contribution in [-0.4, -0.2) is 11.3 Å². The van der Waals surface area contributed by atoms with Gasteiger partial charge in [-0.1, -0.05) is 0 Å². The maximum absolute atomic E-state index is 11.8. The van der Waals surface area contributed by atoms with Gasteiger partial charge in [0.25, 0.3) is 0 Å². The molecular formula is C7H8F3N3O2. The number of nitrogen functional groups attached to an aromatic ring is 1. The second kappa shape index (κ2) is 3.81. The van der Waals surface area contributed by atoms with Gasteiger partial charge in [-0.15, -0.1) is 13.2 Å². The summed E-state index contributed by atoms with van der Waals surface area (Å²) in [5, 5.41) is 0. The van der Waals surface area contributed by atoms with Crippen molar-refractivity contribution in [2.75, 3.05) is 5.73 Å². The zero-order chi connectivity index (χ0) is 11.6. The van der Waals surface area contributed by atoms with Crippen LogP contribution in [0.1, 0.15) is 5.69 Å². The maximum Gasteiger partial charge on any atom is 0.573 e. The quantitative estimate of drug-likeness (QED) is 0.672. The average molecular weight is 223 g/mol. The third-order valence-corrected chi connectivity index (χ3v) is 1.51. The van der Waals surface area contributed by atoms with E-state index in [-0.39, 0.29) is 12.2 Å². The first-order valence-corrected chi connectivity index (χ1v) is 3.81. The molecule has 0 saturated carbocycles. The van der Waals surface area contributed by atoms with Crippen molar-refractivity contribution in [3.63, 3.8) is 0 Å². The van der Waals surface area contributed by atoms with Gasteiger partial charge in [0.15, 0.2) is 0 Å². The molecule has 0 fully saturated rings. The largest absolute Gasteiger partial charge is 0.573 e. The number of pyridine rings is 1. The molecule has 8 heteroatoms. The van der Waals surface area contributed by atoms with Crippen LogP contribution < -0.4 is 21.6 Å². The smallest absolute Gasteiger partial charge is 0.398 e. The molecule has 1 heterocycles. The number of alkyl halides is 3. The first kappa shape index (κ1) is 11.4. The number of halogens is 3. The molecule has 0 atom stereocenters. The average Bonchev–Trinajstić information content (AvgIpc) is 2.09. The van der Waals surface area contributed by atoms with E-state index < -0.39 is 23.4 Å². The van der Waals surface area contributed by atoms with Gasteiger partial charge in [0.2, 0.25) is 11.2 Å². The van der Waals surface area contributed by atoms with Gasteiger partial charge >= 0.3 is 6.36 Å². The second-order valence-electron chi connectivity index (χ2n) is 2.65. The van der Waals surface area contributed by atoms with Crippen LogP contribution in [0.4, 0.5) is 19.0 Å². The van der Waals surface area contributed by atoms with Crippen molar-refractivity contribution in [3.05, 3.63) is 22.0 Å². The maximum atomic E-state index is 11.8. The highest BCUT2D eigenvalue weighted by Crippen LogP contribution is 2.23. The number of nitrogens with one attached hydrogen (secondary N) is 1. The lowest BCUT2D eigenvalue weighted by Gasteiger charge is -2.10. The number of H-pyrrole nitrogens is 1. The molecule has 1 aromatic heterocycles. The van der Waals surface area contributed by atoms with E-state index in [1.165, 1.54) is 0 Å². The van der Waals surface area contributed by atoms with E-state index in [4.69, 9.17) is 11.5 Å². The Morgan fingerprint density at radius 1 is 1.47 bits per heavy atom. The molecule has 0 aliphatic rings. The summed E-state index contributed by atoms with van der Waals surface area (Å²) in [6.07, 6.45) is -4.95. The van der Waals surface area contributed by atoms with Crippen LogP contribution in [-0.2, 0) is 6.54 Å². The Labute approximate surface area is 81.8 Å². The van der Waals surface area contributed by atoms with Crippen molar-refractivity contribution >= 4 is 5.82 Å². The summed E-state index contributed by atoms with van der Waals surface area (Å²) in [5.41, 5.74) is 9.61. The van der Waals surface area contributed by atoms with Crippen LogP contribution in [0.15, 0.2) is 10.9 Å². The third kappa shape index (κ3) is 2.88. The molecule has 0 aromatic carbocycles. The van der Waals surface area contributed by atoms with Gasteiger partial charge in [0, 0.05) is 18.3 Å². The van der Waals surface area contributed by atoms with Crippen LogP contribution in [0.3, 0.4) is 0 Å². The summed E-state index contributed by atoms with van der Waals surface area (Å²) in [7, 11) is 0. The fourth-order valence-corrected chi connectivity index (χ4v) is 0.953. The summed E-state index contributed by atoms with van der Waals surface area (Å²) in [5.74, 6) is -1.47. The van der Waals surface area contributed by atoms with Crippen molar-refractivity contribution in [1.82, 2.24) is 4.98 Å². The molecule has 0 aliphatic carbocycles. The van der Waals surface area contributed by atoms with E-state index in [0.717, 1.165) is 6.07 Å². The Morgan fingerprint density at radius 2 is 2.07 bits per heavy atom. The predicted molar refractivity (Wildman–Crippen MR) is 46.0 cm³/mol. The normalized spacial score (nSPS) is 11.5. The second-order valence-corrected chi connectivity index (χ2v) is 2.65. The zero-order valence-electron chi connectivity index (χ0n) is 7.39. The molecular weight excluding hydrogens is 215 g/mol. The Kier molecular flexibility index (Phi) is 2.89. The molecule has 5 nitrogen and oxygen atoms in total. The molecule has 0 saturated heterocycles. The molecule has 0 spiro atoms. The first-order valence-electron chi connectivity index (χ1n) is 3.81. The number of rotatable bonds is 2. The Bertz CT molecular complexity index is 413. The van der Waals surface area contributed by atoms with Gasteiger partial charge in [-0.2, -0.15) is 0 Å². The third-order valence-electron chi connectivity index (χ3n) is 1.51. The van der Waals surface area contributed by atoms with Gasteiger partial charge in [0.05, 0.1) is 0 Å². The van der Waals surface area contributed by atoms with Crippen LogP contribution in [0.2, 0.25) is 0 Å². The molecule has 15 heavy (non-hydrogen) atoms. The molecule has 0 unspecified atom stereocenters. The summed E-state index contributed by atoms with van der Waals surface area (Å²) in [6, 6.07) is 0.900. The summed E-state index contributed by atoms with van der Waals surface area (Å²) >= 11 is 0. The number of aromatic nitrogens is 1. The minimum atomic E-state index is -4.95. The van der Waals surface area contributed by atoms with Gasteiger partial charge in [-0.3, -0.25) is 4.79 Å². The van der Waals surface area contributed by atoms with E-state index >= 15 is 0 Å². The van der Waals surface area contributed by atoms with Crippen LogP contribution in [0.25, 0.3) is 0 Å². The fourth-order valence-electron chi connectivity index (χ4n) is 0.953. The standard InChI is InChI=1S/C7H8F3N3O2/c8-7(9,10)15-5-4(14)1-3(2-11)13-6(5)12/h1H,2,11H2,(H3,12,13,14). The first-order chi connectivity index (χ1) is 6.83. The molecule has 1 rings (SSSR count). The lowest BCUT2D eigenvalue weighted by molar-refractivity contribution is -0.274. The van der Waals surface area contributed by atoms with Crippen LogP contribution >= 0.6 is 0 Å². The van der Waals surface area contributed by atoms with Gasteiger partial charge < -0.3 is 21.2 Å². The monoisotopic (exact) mass is 223 g/mol. The van der Waals surface area contributed by atoms with E-state index in [9.17, 15) is 18.0 Å². The van der Waals surface area contributed by atoms with Crippen molar-refractivity contribution in [2.24, 2.45) is 5.73 Å². The Morgan fingerprint density at radius 3 is 2.47 bits per heavy atom. The zero-order valence-corrected chi connectivity index (χ0v) is 7.39. The number of ether oxygens (including phenoxy) is 1. The number of anilines is 1. The molecule has 84 valence electrons. The predicted octanol–water partition coefficient (Wildman–Crippen LogP) is 0.314. The molecule has 5 N–H and O–H groups in total. The van der Waals surface area contributed by atoms with Gasteiger partial charge in [-0.25, -0.2) is 0 Å². The topological polar surface area (TPSA) is 94.1 Å². The molecule has 0 aliphatic heterocycles. The molecule has 1 aromatic rings. The Hall–Kier alpha value is -1.70. The van der Waals surface area contributed by atoms with Crippen LogP contribution in [0, 0.1) is 0 Å². The summed E-state index contributed by atoms with van der Waals surface area (Å²) < 4.78 is 38.9. The van der Waals surface area contributed by atoms with Crippen LogP contribution in [0.5, 0.6) is 5.75 Å². The summed E-state index contributed by atoms with van der Waals surface area (Å²) in [4.78, 5) is 13.4. The number of hydrogen-bond donors (Lipinski definition) is 3.